The van der Waals surface area contributed by atoms with Crippen LogP contribution in [0.25, 0.3) is 0 Å². The quantitative estimate of drug-likeness (QED) is 0.634. The third-order valence-corrected chi connectivity index (χ3v) is 4.54. The molecule has 26 heavy (non-hydrogen) atoms. The number of guanidine groups is 1. The summed E-state index contributed by atoms with van der Waals surface area (Å²) in [7, 11) is 1.75. The minimum absolute atomic E-state index is 0.112. The van der Waals surface area contributed by atoms with Gasteiger partial charge in [-0.3, -0.25) is 4.99 Å². The summed E-state index contributed by atoms with van der Waals surface area (Å²) in [6, 6.07) is 3.79. The Bertz CT molecular complexity index is 597. The first-order chi connectivity index (χ1) is 12.2. The lowest BCUT2D eigenvalue weighted by Gasteiger charge is -2.40. The molecule has 1 amide bonds. The van der Waals surface area contributed by atoms with Gasteiger partial charge in [0.05, 0.1) is 12.8 Å². The monoisotopic (exact) mass is 364 g/mol. The van der Waals surface area contributed by atoms with E-state index >= 15 is 0 Å². The molecule has 0 unspecified atom stereocenters. The van der Waals surface area contributed by atoms with Crippen molar-refractivity contribution in [1.82, 2.24) is 15.5 Å². The number of piperidine rings is 1. The molecule has 146 valence electrons. The number of hydrogen-bond donors (Lipinski definition) is 2. The molecule has 0 radical (unpaired) electrons. The molecular formula is C19H32N4O3. The molecule has 2 N–H and O–H groups in total. The Hall–Kier alpha value is -2.18. The Balaban J connectivity index is 1.76. The number of furan rings is 1. The van der Waals surface area contributed by atoms with Gasteiger partial charge in [-0.1, -0.05) is 6.92 Å². The average molecular weight is 364 g/mol. The maximum Gasteiger partial charge on any atom is 0.410 e. The number of ether oxygens (including phenoxy) is 1. The van der Waals surface area contributed by atoms with Crippen molar-refractivity contribution in [2.24, 2.45) is 10.4 Å². The Morgan fingerprint density at radius 3 is 2.58 bits per heavy atom. The highest BCUT2D eigenvalue weighted by atomic mass is 16.6. The maximum atomic E-state index is 12.2. The van der Waals surface area contributed by atoms with E-state index in [-0.39, 0.29) is 11.5 Å². The van der Waals surface area contributed by atoms with E-state index in [2.05, 4.69) is 22.5 Å². The molecule has 0 saturated carbocycles. The van der Waals surface area contributed by atoms with E-state index in [1.165, 1.54) is 0 Å². The van der Waals surface area contributed by atoms with Crippen LogP contribution in [0, 0.1) is 5.41 Å². The summed E-state index contributed by atoms with van der Waals surface area (Å²) >= 11 is 0. The first-order valence-corrected chi connectivity index (χ1v) is 9.16. The Kier molecular flexibility index (Phi) is 6.56. The van der Waals surface area contributed by atoms with Crippen molar-refractivity contribution in [3.63, 3.8) is 0 Å². The zero-order valence-electron chi connectivity index (χ0n) is 16.6. The Morgan fingerprint density at radius 1 is 1.35 bits per heavy atom. The van der Waals surface area contributed by atoms with Gasteiger partial charge >= 0.3 is 6.09 Å². The van der Waals surface area contributed by atoms with Crippen LogP contribution < -0.4 is 10.6 Å². The van der Waals surface area contributed by atoms with Gasteiger partial charge in [0.25, 0.3) is 0 Å². The van der Waals surface area contributed by atoms with Gasteiger partial charge < -0.3 is 24.7 Å². The highest BCUT2D eigenvalue weighted by Crippen LogP contribution is 2.30. The second kappa shape index (κ2) is 8.47. The van der Waals surface area contributed by atoms with Gasteiger partial charge in [0.2, 0.25) is 0 Å². The number of carbonyl (C=O) groups is 1. The van der Waals surface area contributed by atoms with Gasteiger partial charge in [-0.25, -0.2) is 4.79 Å². The second-order valence-corrected chi connectivity index (χ2v) is 8.14. The van der Waals surface area contributed by atoms with Crippen molar-refractivity contribution in [3.05, 3.63) is 24.2 Å². The van der Waals surface area contributed by atoms with Crippen molar-refractivity contribution < 1.29 is 13.9 Å². The lowest BCUT2D eigenvalue weighted by Crippen LogP contribution is -2.49. The number of nitrogens with one attached hydrogen (secondary N) is 2. The summed E-state index contributed by atoms with van der Waals surface area (Å²) in [4.78, 5) is 18.2. The van der Waals surface area contributed by atoms with Crippen molar-refractivity contribution in [2.75, 3.05) is 26.7 Å². The highest BCUT2D eigenvalue weighted by molar-refractivity contribution is 5.79. The molecule has 2 heterocycles. The van der Waals surface area contributed by atoms with E-state index in [4.69, 9.17) is 9.15 Å². The molecule has 2 rings (SSSR count). The predicted molar refractivity (Wildman–Crippen MR) is 102 cm³/mol. The fourth-order valence-electron chi connectivity index (χ4n) is 2.83. The number of amides is 1. The SMILES string of the molecule is CN=C(NCc1ccco1)NCC1(C)CCN(C(=O)OC(C)(C)C)CC1. The largest absolute Gasteiger partial charge is 0.467 e. The molecule has 0 aliphatic carbocycles. The topological polar surface area (TPSA) is 79.1 Å². The number of aliphatic imine (C=N–C) groups is 1. The van der Waals surface area contributed by atoms with Gasteiger partial charge in [-0.2, -0.15) is 0 Å². The molecule has 1 aliphatic rings. The van der Waals surface area contributed by atoms with Crippen LogP contribution in [-0.2, 0) is 11.3 Å². The summed E-state index contributed by atoms with van der Waals surface area (Å²) in [6.45, 7) is 10.7. The van der Waals surface area contributed by atoms with E-state index in [0.717, 1.165) is 31.1 Å². The first kappa shape index (κ1) is 20.1. The van der Waals surface area contributed by atoms with Crippen LogP contribution in [0.3, 0.4) is 0 Å². The van der Waals surface area contributed by atoms with Crippen LogP contribution in [0.1, 0.15) is 46.3 Å². The predicted octanol–water partition coefficient (Wildman–Crippen LogP) is 2.98. The lowest BCUT2D eigenvalue weighted by molar-refractivity contribution is 0.0123. The van der Waals surface area contributed by atoms with Gasteiger partial charge in [-0.15, -0.1) is 0 Å². The molecule has 0 aromatic carbocycles. The van der Waals surface area contributed by atoms with Crippen LogP contribution in [-0.4, -0.2) is 49.2 Å². The second-order valence-electron chi connectivity index (χ2n) is 8.14. The fraction of sp³-hybridized carbons (Fsp3) is 0.684. The van der Waals surface area contributed by atoms with Crippen LogP contribution in [0.2, 0.25) is 0 Å². The van der Waals surface area contributed by atoms with E-state index in [1.807, 2.05) is 32.9 Å². The first-order valence-electron chi connectivity index (χ1n) is 9.16. The van der Waals surface area contributed by atoms with Crippen molar-refractivity contribution in [2.45, 2.75) is 52.7 Å². The number of hydrogen-bond acceptors (Lipinski definition) is 4. The molecule has 1 saturated heterocycles. The molecule has 7 nitrogen and oxygen atoms in total. The van der Waals surface area contributed by atoms with E-state index in [0.29, 0.717) is 19.6 Å². The van der Waals surface area contributed by atoms with Gasteiger partial charge in [0.1, 0.15) is 11.4 Å². The molecule has 0 spiro atoms. The van der Waals surface area contributed by atoms with Crippen LogP contribution >= 0.6 is 0 Å². The molecule has 0 atom stereocenters. The summed E-state index contributed by atoms with van der Waals surface area (Å²) in [5, 5.41) is 6.63. The number of nitrogens with zero attached hydrogens (tertiary/aromatic N) is 2. The lowest BCUT2D eigenvalue weighted by atomic mass is 9.80. The van der Waals surface area contributed by atoms with Gasteiger partial charge in [0, 0.05) is 26.7 Å². The third kappa shape index (κ3) is 6.28. The van der Waals surface area contributed by atoms with Crippen molar-refractivity contribution in [3.8, 4) is 0 Å². The van der Waals surface area contributed by atoms with Gasteiger partial charge in [-0.05, 0) is 51.2 Å². The summed E-state index contributed by atoms with van der Waals surface area (Å²) in [6.07, 6.45) is 3.29. The molecule has 1 aromatic heterocycles. The van der Waals surface area contributed by atoms with Gasteiger partial charge in [0.15, 0.2) is 5.96 Å². The molecule has 7 heteroatoms. The molecule has 0 bridgehead atoms. The third-order valence-electron chi connectivity index (χ3n) is 4.54. The number of carbonyl (C=O) groups excluding carboxylic acids is 1. The Labute approximate surface area is 156 Å². The van der Waals surface area contributed by atoms with E-state index in [9.17, 15) is 4.79 Å². The smallest absolute Gasteiger partial charge is 0.410 e. The number of likely N-dealkylation sites (tertiary alicyclic amines) is 1. The molecule has 1 aliphatic heterocycles. The Morgan fingerprint density at radius 2 is 2.04 bits per heavy atom. The highest BCUT2D eigenvalue weighted by Gasteiger charge is 2.33. The minimum Gasteiger partial charge on any atom is -0.467 e. The van der Waals surface area contributed by atoms with Crippen molar-refractivity contribution in [1.29, 1.82) is 0 Å². The minimum atomic E-state index is -0.453. The van der Waals surface area contributed by atoms with E-state index in [1.54, 1.807) is 18.2 Å². The normalized spacial score (nSPS) is 17.7. The average Bonchev–Trinajstić information content (AvgIpc) is 3.07. The van der Waals surface area contributed by atoms with Crippen molar-refractivity contribution >= 4 is 12.1 Å². The summed E-state index contributed by atoms with van der Waals surface area (Å²) in [5.74, 6) is 1.61. The number of rotatable bonds is 4. The fourth-order valence-corrected chi connectivity index (χ4v) is 2.83. The molecule has 1 fully saturated rings. The van der Waals surface area contributed by atoms with Crippen LogP contribution in [0.4, 0.5) is 4.79 Å². The zero-order valence-corrected chi connectivity index (χ0v) is 16.6. The standard InChI is InChI=1S/C19H32N4O3/c1-18(2,3)26-17(24)23-10-8-19(4,9-11-23)14-22-16(20-5)21-13-15-7-6-12-25-15/h6-7,12H,8-11,13-14H2,1-5H3,(H2,20,21,22). The van der Waals surface area contributed by atoms with Crippen LogP contribution in [0.15, 0.2) is 27.8 Å². The zero-order chi connectivity index (χ0) is 19.2. The van der Waals surface area contributed by atoms with Crippen LogP contribution in [0.5, 0.6) is 0 Å². The maximum absolute atomic E-state index is 12.2. The molecule has 1 aromatic rings. The summed E-state index contributed by atoms with van der Waals surface area (Å²) < 4.78 is 10.8. The van der Waals surface area contributed by atoms with E-state index < -0.39 is 5.60 Å². The molecular weight excluding hydrogens is 332 g/mol. The summed E-state index contributed by atoms with van der Waals surface area (Å²) in [5.41, 5.74) is -0.341.